The molecular formula is C11H12O2S2. The zero-order chi connectivity index (χ0) is 11.3. The van der Waals surface area contributed by atoms with Crippen molar-refractivity contribution in [1.82, 2.24) is 0 Å². The lowest BCUT2D eigenvalue weighted by Crippen LogP contribution is -1.84. The first-order chi connectivity index (χ1) is 7.09. The minimum absolute atomic E-state index is 0.0951. The van der Waals surface area contributed by atoms with Gasteiger partial charge in [0.25, 0.3) is 0 Å². The summed E-state index contributed by atoms with van der Waals surface area (Å²) in [6.45, 7) is 3.11. The molecule has 2 nitrogen and oxygen atoms in total. The second-order valence-corrected chi connectivity index (χ2v) is 5.11. The van der Waals surface area contributed by atoms with Gasteiger partial charge in [0.15, 0.2) is 10.9 Å². The van der Waals surface area contributed by atoms with Crippen molar-refractivity contribution >= 4 is 40.1 Å². The SMILES string of the molecule is CC(=O)SCC=Cc1csc(C(C)=O)c1. The van der Waals surface area contributed by atoms with Gasteiger partial charge >= 0.3 is 0 Å². The van der Waals surface area contributed by atoms with Crippen LogP contribution in [-0.4, -0.2) is 16.7 Å². The largest absolute Gasteiger partial charge is 0.294 e. The summed E-state index contributed by atoms with van der Waals surface area (Å²) in [6.07, 6.45) is 3.86. The van der Waals surface area contributed by atoms with Crippen molar-refractivity contribution in [3.8, 4) is 0 Å². The van der Waals surface area contributed by atoms with Crippen LogP contribution in [0.1, 0.15) is 29.1 Å². The molecule has 0 N–H and O–H groups in total. The van der Waals surface area contributed by atoms with E-state index in [-0.39, 0.29) is 10.9 Å². The van der Waals surface area contributed by atoms with E-state index in [0.717, 1.165) is 10.4 Å². The van der Waals surface area contributed by atoms with Crippen molar-refractivity contribution in [2.75, 3.05) is 5.75 Å². The van der Waals surface area contributed by atoms with Crippen LogP contribution >= 0.6 is 23.1 Å². The zero-order valence-electron chi connectivity index (χ0n) is 8.65. The minimum Gasteiger partial charge on any atom is -0.294 e. The monoisotopic (exact) mass is 240 g/mol. The van der Waals surface area contributed by atoms with Gasteiger partial charge in [-0.1, -0.05) is 23.9 Å². The van der Waals surface area contributed by atoms with Crippen LogP contribution in [0.2, 0.25) is 0 Å². The molecule has 15 heavy (non-hydrogen) atoms. The summed E-state index contributed by atoms with van der Waals surface area (Å²) in [4.78, 5) is 22.4. The number of Topliss-reactive ketones (excluding diaryl/α,β-unsaturated/α-hetero) is 1. The molecule has 0 amide bonds. The Hall–Kier alpha value is -0.870. The predicted molar refractivity (Wildman–Crippen MR) is 66.5 cm³/mol. The van der Waals surface area contributed by atoms with E-state index in [1.165, 1.54) is 23.1 Å². The lowest BCUT2D eigenvalue weighted by molar-refractivity contribution is -0.109. The Bertz CT molecular complexity index is 391. The maximum atomic E-state index is 11.0. The molecule has 0 aliphatic rings. The van der Waals surface area contributed by atoms with Crippen molar-refractivity contribution in [3.63, 3.8) is 0 Å². The summed E-state index contributed by atoms with van der Waals surface area (Å²) in [6, 6.07) is 1.86. The molecule has 0 radical (unpaired) electrons. The number of ketones is 1. The molecule has 0 atom stereocenters. The number of carbonyl (C=O) groups excluding carboxylic acids is 2. The van der Waals surface area contributed by atoms with Gasteiger partial charge in [-0.25, -0.2) is 0 Å². The Kier molecular flexibility index (Phi) is 4.78. The van der Waals surface area contributed by atoms with Crippen molar-refractivity contribution in [1.29, 1.82) is 0 Å². The van der Waals surface area contributed by atoms with Gasteiger partial charge < -0.3 is 0 Å². The topological polar surface area (TPSA) is 34.1 Å². The molecule has 1 aromatic heterocycles. The number of carbonyl (C=O) groups is 2. The first-order valence-corrected chi connectivity index (χ1v) is 6.35. The van der Waals surface area contributed by atoms with Crippen LogP contribution in [0.5, 0.6) is 0 Å². The molecule has 0 aliphatic carbocycles. The average Bonchev–Trinajstić information content (AvgIpc) is 2.60. The van der Waals surface area contributed by atoms with E-state index >= 15 is 0 Å². The van der Waals surface area contributed by atoms with E-state index in [1.807, 2.05) is 23.6 Å². The summed E-state index contributed by atoms with van der Waals surface area (Å²) in [5.74, 6) is 0.776. The fourth-order valence-electron chi connectivity index (χ4n) is 0.973. The van der Waals surface area contributed by atoms with Crippen LogP contribution in [-0.2, 0) is 4.79 Å². The summed E-state index contributed by atoms with van der Waals surface area (Å²) in [5, 5.41) is 2.06. The number of hydrogen-bond acceptors (Lipinski definition) is 4. The van der Waals surface area contributed by atoms with Crippen LogP contribution < -0.4 is 0 Å². The van der Waals surface area contributed by atoms with Crippen LogP contribution in [0.25, 0.3) is 6.08 Å². The summed E-state index contributed by atoms with van der Waals surface area (Å²) >= 11 is 2.72. The molecule has 1 rings (SSSR count). The Morgan fingerprint density at radius 1 is 1.47 bits per heavy atom. The van der Waals surface area contributed by atoms with Crippen LogP contribution in [0.3, 0.4) is 0 Å². The number of hydrogen-bond donors (Lipinski definition) is 0. The van der Waals surface area contributed by atoms with Gasteiger partial charge in [0.2, 0.25) is 0 Å². The minimum atomic E-state index is 0.0951. The van der Waals surface area contributed by atoms with E-state index in [0.29, 0.717) is 5.75 Å². The second-order valence-electron chi connectivity index (χ2n) is 3.01. The van der Waals surface area contributed by atoms with Crippen LogP contribution in [0, 0.1) is 0 Å². The molecule has 0 aliphatic heterocycles. The first-order valence-electron chi connectivity index (χ1n) is 4.49. The maximum Gasteiger partial charge on any atom is 0.186 e. The van der Waals surface area contributed by atoms with Gasteiger partial charge in [-0.3, -0.25) is 9.59 Å². The molecule has 0 aromatic carbocycles. The third kappa shape index (κ3) is 4.44. The summed E-state index contributed by atoms with van der Waals surface area (Å²) < 4.78 is 0. The van der Waals surface area contributed by atoms with Crippen molar-refractivity contribution in [2.45, 2.75) is 13.8 Å². The van der Waals surface area contributed by atoms with Gasteiger partial charge in [-0.05, 0) is 23.9 Å². The molecule has 0 saturated heterocycles. The molecule has 1 aromatic rings. The number of thioether (sulfide) groups is 1. The Labute approximate surface area is 97.4 Å². The van der Waals surface area contributed by atoms with Crippen molar-refractivity contribution < 1.29 is 9.59 Å². The Morgan fingerprint density at radius 3 is 2.73 bits per heavy atom. The van der Waals surface area contributed by atoms with E-state index < -0.39 is 0 Å². The molecule has 0 saturated carbocycles. The number of thiophene rings is 1. The standard InChI is InChI=1S/C11H12O2S2/c1-8(12)11-6-10(7-15-11)4-3-5-14-9(2)13/h3-4,6-7H,5H2,1-2H3. The third-order valence-corrected chi connectivity index (χ3v) is 3.47. The quantitative estimate of drug-likeness (QED) is 0.758. The highest BCUT2D eigenvalue weighted by Gasteiger charge is 2.01. The molecular weight excluding hydrogens is 228 g/mol. The predicted octanol–water partition coefficient (Wildman–Crippen LogP) is 3.24. The third-order valence-electron chi connectivity index (χ3n) is 1.66. The molecule has 4 heteroatoms. The molecule has 80 valence electrons. The highest BCUT2D eigenvalue weighted by molar-refractivity contribution is 8.13. The average molecular weight is 240 g/mol. The van der Waals surface area contributed by atoms with E-state index in [1.54, 1.807) is 13.8 Å². The lowest BCUT2D eigenvalue weighted by Gasteiger charge is -1.87. The van der Waals surface area contributed by atoms with Crippen molar-refractivity contribution in [3.05, 3.63) is 28.0 Å². The second kappa shape index (κ2) is 5.88. The highest BCUT2D eigenvalue weighted by atomic mass is 32.2. The van der Waals surface area contributed by atoms with Gasteiger partial charge in [-0.2, -0.15) is 0 Å². The Balaban J connectivity index is 2.50. The fourth-order valence-corrected chi connectivity index (χ4v) is 2.18. The molecule has 1 heterocycles. The smallest absolute Gasteiger partial charge is 0.186 e. The lowest BCUT2D eigenvalue weighted by atomic mass is 10.2. The Morgan fingerprint density at radius 2 is 2.20 bits per heavy atom. The highest BCUT2D eigenvalue weighted by Crippen LogP contribution is 2.16. The van der Waals surface area contributed by atoms with Gasteiger partial charge in [0.05, 0.1) is 4.88 Å². The van der Waals surface area contributed by atoms with Gasteiger partial charge in [0, 0.05) is 12.7 Å². The summed E-state index contributed by atoms with van der Waals surface area (Å²) in [7, 11) is 0. The molecule has 0 unspecified atom stereocenters. The molecule has 0 bridgehead atoms. The molecule has 0 spiro atoms. The van der Waals surface area contributed by atoms with E-state index in [2.05, 4.69) is 0 Å². The zero-order valence-corrected chi connectivity index (χ0v) is 10.3. The van der Waals surface area contributed by atoms with Gasteiger partial charge in [0.1, 0.15) is 0 Å². The van der Waals surface area contributed by atoms with Gasteiger partial charge in [-0.15, -0.1) is 11.3 Å². The number of rotatable bonds is 4. The summed E-state index contributed by atoms with van der Waals surface area (Å²) in [5.41, 5.74) is 1.02. The van der Waals surface area contributed by atoms with Crippen LogP contribution in [0.15, 0.2) is 17.5 Å². The van der Waals surface area contributed by atoms with Crippen molar-refractivity contribution in [2.24, 2.45) is 0 Å². The maximum absolute atomic E-state index is 11.0. The molecule has 0 fully saturated rings. The normalized spacial score (nSPS) is 10.8. The fraction of sp³-hybridized carbons (Fsp3) is 0.273. The van der Waals surface area contributed by atoms with E-state index in [4.69, 9.17) is 0 Å². The van der Waals surface area contributed by atoms with E-state index in [9.17, 15) is 9.59 Å². The van der Waals surface area contributed by atoms with Crippen LogP contribution in [0.4, 0.5) is 0 Å². The first kappa shape index (κ1) is 12.2.